The number of nitrogens with one attached hydrogen (secondary N) is 1. The summed E-state index contributed by atoms with van der Waals surface area (Å²) in [5.41, 5.74) is 0.906. The molecule has 0 atom stereocenters. The monoisotopic (exact) mass is 195 g/mol. The summed E-state index contributed by atoms with van der Waals surface area (Å²) in [4.78, 5) is 8.36. The van der Waals surface area contributed by atoms with Crippen LogP contribution in [0.1, 0.15) is 19.5 Å². The zero-order valence-corrected chi connectivity index (χ0v) is 9.16. The third-order valence-electron chi connectivity index (χ3n) is 1.62. The molecular formula is C10H17N3O. The number of ether oxygens (including phenoxy) is 1. The second-order valence-corrected chi connectivity index (χ2v) is 3.63. The molecule has 4 heteroatoms. The third-order valence-corrected chi connectivity index (χ3v) is 1.62. The van der Waals surface area contributed by atoms with E-state index < -0.39 is 0 Å². The van der Waals surface area contributed by atoms with Crippen molar-refractivity contribution in [3.8, 4) is 5.88 Å². The summed E-state index contributed by atoms with van der Waals surface area (Å²) in [7, 11) is 1.79. The van der Waals surface area contributed by atoms with Crippen LogP contribution < -0.4 is 10.1 Å². The number of nitrogens with zero attached hydrogens (tertiary/aromatic N) is 2. The average molecular weight is 195 g/mol. The minimum Gasteiger partial charge on any atom is -0.477 e. The van der Waals surface area contributed by atoms with E-state index in [9.17, 15) is 0 Å². The molecule has 0 aliphatic rings. The largest absolute Gasteiger partial charge is 0.477 e. The number of hydrogen-bond acceptors (Lipinski definition) is 4. The first kappa shape index (κ1) is 10.8. The lowest BCUT2D eigenvalue weighted by atomic mass is 10.2. The van der Waals surface area contributed by atoms with Crippen molar-refractivity contribution in [2.75, 3.05) is 19.0 Å². The van der Waals surface area contributed by atoms with Gasteiger partial charge in [-0.05, 0) is 12.8 Å². The van der Waals surface area contributed by atoms with Crippen molar-refractivity contribution in [3.05, 3.63) is 11.8 Å². The van der Waals surface area contributed by atoms with Gasteiger partial charge in [-0.25, -0.2) is 4.98 Å². The molecule has 0 amide bonds. The molecule has 4 nitrogen and oxygen atoms in total. The molecule has 1 heterocycles. The Morgan fingerprint density at radius 1 is 1.43 bits per heavy atom. The van der Waals surface area contributed by atoms with Crippen LogP contribution in [0.4, 0.5) is 5.95 Å². The van der Waals surface area contributed by atoms with Gasteiger partial charge in [0.15, 0.2) is 0 Å². The molecule has 1 N–H and O–H groups in total. The van der Waals surface area contributed by atoms with Gasteiger partial charge in [-0.2, -0.15) is 4.98 Å². The molecule has 1 aromatic rings. The maximum absolute atomic E-state index is 5.50. The summed E-state index contributed by atoms with van der Waals surface area (Å²) in [6, 6.07) is 1.84. The smallest absolute Gasteiger partial charge is 0.225 e. The molecular weight excluding hydrogens is 178 g/mol. The van der Waals surface area contributed by atoms with Gasteiger partial charge in [-0.15, -0.1) is 0 Å². The van der Waals surface area contributed by atoms with E-state index in [-0.39, 0.29) is 0 Å². The molecule has 0 spiro atoms. The number of anilines is 1. The van der Waals surface area contributed by atoms with Gasteiger partial charge in [0.05, 0.1) is 6.61 Å². The Bertz CT molecular complexity index is 299. The standard InChI is InChI=1S/C10H17N3O/c1-7(2)6-14-9-5-8(3)12-10(11-4)13-9/h5,7H,6H2,1-4H3,(H,11,12,13). The molecule has 78 valence electrons. The Morgan fingerprint density at radius 3 is 2.71 bits per heavy atom. The summed E-state index contributed by atoms with van der Waals surface area (Å²) in [6.07, 6.45) is 0. The van der Waals surface area contributed by atoms with Gasteiger partial charge in [0.25, 0.3) is 0 Å². The Balaban J connectivity index is 2.71. The van der Waals surface area contributed by atoms with Crippen LogP contribution in [0.2, 0.25) is 0 Å². The number of hydrogen-bond donors (Lipinski definition) is 1. The third kappa shape index (κ3) is 3.20. The molecule has 0 saturated carbocycles. The van der Waals surface area contributed by atoms with Crippen LogP contribution in [0.15, 0.2) is 6.07 Å². The molecule has 0 fully saturated rings. The van der Waals surface area contributed by atoms with Crippen LogP contribution in [0, 0.1) is 12.8 Å². The molecule has 0 bridgehead atoms. The lowest BCUT2D eigenvalue weighted by molar-refractivity contribution is 0.261. The van der Waals surface area contributed by atoms with Crippen molar-refractivity contribution in [1.29, 1.82) is 0 Å². The molecule has 0 saturated heterocycles. The number of aryl methyl sites for hydroxylation is 1. The van der Waals surface area contributed by atoms with Crippen molar-refractivity contribution in [3.63, 3.8) is 0 Å². The van der Waals surface area contributed by atoms with E-state index in [0.717, 1.165) is 5.69 Å². The Hall–Kier alpha value is -1.32. The van der Waals surface area contributed by atoms with Crippen molar-refractivity contribution < 1.29 is 4.74 Å². The molecule has 14 heavy (non-hydrogen) atoms. The molecule has 0 unspecified atom stereocenters. The Kier molecular flexibility index (Phi) is 3.68. The van der Waals surface area contributed by atoms with Crippen molar-refractivity contribution in [2.45, 2.75) is 20.8 Å². The molecule has 0 aromatic carbocycles. The normalized spacial score (nSPS) is 10.4. The van der Waals surface area contributed by atoms with Gasteiger partial charge in [0.1, 0.15) is 0 Å². The highest BCUT2D eigenvalue weighted by molar-refractivity contribution is 5.29. The zero-order chi connectivity index (χ0) is 10.6. The van der Waals surface area contributed by atoms with Crippen LogP contribution in [0.5, 0.6) is 5.88 Å². The summed E-state index contributed by atoms with van der Waals surface area (Å²) in [5, 5.41) is 2.89. The van der Waals surface area contributed by atoms with Gasteiger partial charge in [-0.1, -0.05) is 13.8 Å². The summed E-state index contributed by atoms with van der Waals surface area (Å²) in [6.45, 7) is 6.81. The first-order valence-electron chi connectivity index (χ1n) is 4.78. The van der Waals surface area contributed by atoms with Crippen LogP contribution in [0.3, 0.4) is 0 Å². The number of aromatic nitrogens is 2. The maximum Gasteiger partial charge on any atom is 0.225 e. The van der Waals surface area contributed by atoms with E-state index in [4.69, 9.17) is 4.74 Å². The van der Waals surface area contributed by atoms with Crippen LogP contribution in [-0.4, -0.2) is 23.6 Å². The van der Waals surface area contributed by atoms with E-state index in [1.54, 1.807) is 7.05 Å². The Labute approximate surface area is 84.7 Å². The van der Waals surface area contributed by atoms with E-state index >= 15 is 0 Å². The van der Waals surface area contributed by atoms with E-state index in [1.165, 1.54) is 0 Å². The predicted octanol–water partition coefficient (Wildman–Crippen LogP) is 1.86. The molecule has 1 aromatic heterocycles. The van der Waals surface area contributed by atoms with Crippen LogP contribution >= 0.6 is 0 Å². The molecule has 0 radical (unpaired) electrons. The quantitative estimate of drug-likeness (QED) is 0.796. The molecule has 1 rings (SSSR count). The van der Waals surface area contributed by atoms with Gasteiger partial charge < -0.3 is 10.1 Å². The highest BCUT2D eigenvalue weighted by Crippen LogP contribution is 2.12. The molecule has 0 aliphatic carbocycles. The van der Waals surface area contributed by atoms with Gasteiger partial charge in [0, 0.05) is 18.8 Å². The minimum absolute atomic E-state index is 0.503. The fraction of sp³-hybridized carbons (Fsp3) is 0.600. The maximum atomic E-state index is 5.50. The zero-order valence-electron chi connectivity index (χ0n) is 9.16. The summed E-state index contributed by atoms with van der Waals surface area (Å²) in [5.74, 6) is 1.74. The first-order chi connectivity index (χ1) is 6.61. The second-order valence-electron chi connectivity index (χ2n) is 3.63. The second kappa shape index (κ2) is 4.79. The summed E-state index contributed by atoms with van der Waals surface area (Å²) >= 11 is 0. The average Bonchev–Trinajstić information content (AvgIpc) is 2.14. The summed E-state index contributed by atoms with van der Waals surface area (Å²) < 4.78 is 5.50. The van der Waals surface area contributed by atoms with E-state index in [0.29, 0.717) is 24.4 Å². The predicted molar refractivity (Wildman–Crippen MR) is 56.6 cm³/mol. The Morgan fingerprint density at radius 2 is 2.14 bits per heavy atom. The van der Waals surface area contributed by atoms with Crippen molar-refractivity contribution >= 4 is 5.95 Å². The van der Waals surface area contributed by atoms with Gasteiger partial charge >= 0.3 is 0 Å². The van der Waals surface area contributed by atoms with E-state index in [2.05, 4.69) is 29.1 Å². The highest BCUT2D eigenvalue weighted by atomic mass is 16.5. The lowest BCUT2D eigenvalue weighted by Gasteiger charge is -2.09. The van der Waals surface area contributed by atoms with Gasteiger partial charge in [0.2, 0.25) is 11.8 Å². The van der Waals surface area contributed by atoms with E-state index in [1.807, 2.05) is 13.0 Å². The topological polar surface area (TPSA) is 47.0 Å². The molecule has 0 aliphatic heterocycles. The fourth-order valence-electron chi connectivity index (χ4n) is 0.977. The van der Waals surface area contributed by atoms with Crippen LogP contribution in [-0.2, 0) is 0 Å². The van der Waals surface area contributed by atoms with Gasteiger partial charge in [-0.3, -0.25) is 0 Å². The lowest BCUT2D eigenvalue weighted by Crippen LogP contribution is -2.07. The van der Waals surface area contributed by atoms with Crippen molar-refractivity contribution in [1.82, 2.24) is 9.97 Å². The van der Waals surface area contributed by atoms with Crippen molar-refractivity contribution in [2.24, 2.45) is 5.92 Å². The highest BCUT2D eigenvalue weighted by Gasteiger charge is 2.02. The van der Waals surface area contributed by atoms with Crippen LogP contribution in [0.25, 0.3) is 0 Å². The SMILES string of the molecule is CNc1nc(C)cc(OCC(C)C)n1. The first-order valence-corrected chi connectivity index (χ1v) is 4.78. The number of rotatable bonds is 4. The minimum atomic E-state index is 0.503. The fourth-order valence-corrected chi connectivity index (χ4v) is 0.977.